The average Bonchev–Trinajstić information content (AvgIpc) is 2.67. The summed E-state index contributed by atoms with van der Waals surface area (Å²) in [6, 6.07) is -0.267. The van der Waals surface area contributed by atoms with Crippen molar-refractivity contribution in [2.75, 3.05) is 0 Å². The summed E-state index contributed by atoms with van der Waals surface area (Å²) in [5, 5.41) is 0. The zero-order valence-corrected chi connectivity index (χ0v) is 7.34. The monoisotopic (exact) mass is 155 g/mol. The molecule has 2 atom stereocenters. The lowest BCUT2D eigenvalue weighted by molar-refractivity contribution is -0.120. The van der Waals surface area contributed by atoms with Crippen molar-refractivity contribution in [1.82, 2.24) is 0 Å². The molecule has 2 heteroatoms. The number of ketones is 1. The van der Waals surface area contributed by atoms with E-state index in [2.05, 4.69) is 6.92 Å². The molecule has 1 aliphatic carbocycles. The van der Waals surface area contributed by atoms with Crippen LogP contribution in [0.1, 0.15) is 33.1 Å². The molecule has 0 amide bonds. The Morgan fingerprint density at radius 2 is 2.09 bits per heavy atom. The number of carbonyl (C=O) groups excluding carboxylic acids is 1. The average molecular weight is 155 g/mol. The van der Waals surface area contributed by atoms with E-state index < -0.39 is 0 Å². The van der Waals surface area contributed by atoms with Crippen LogP contribution in [0.4, 0.5) is 0 Å². The van der Waals surface area contributed by atoms with E-state index in [1.165, 1.54) is 12.8 Å². The lowest BCUT2D eigenvalue weighted by Crippen LogP contribution is -2.28. The fraction of sp³-hybridized carbons (Fsp3) is 0.889. The molecule has 0 aromatic heterocycles. The summed E-state index contributed by atoms with van der Waals surface area (Å²) in [6.45, 7) is 3.92. The van der Waals surface area contributed by atoms with E-state index in [0.717, 1.165) is 5.92 Å². The van der Waals surface area contributed by atoms with Crippen molar-refractivity contribution < 1.29 is 4.79 Å². The van der Waals surface area contributed by atoms with Gasteiger partial charge in [0.1, 0.15) is 5.78 Å². The van der Waals surface area contributed by atoms with Gasteiger partial charge in [0, 0.05) is 6.42 Å². The van der Waals surface area contributed by atoms with Gasteiger partial charge >= 0.3 is 0 Å². The number of hydrogen-bond acceptors (Lipinski definition) is 2. The second-order valence-electron chi connectivity index (χ2n) is 3.77. The van der Waals surface area contributed by atoms with Gasteiger partial charge in [0.25, 0.3) is 0 Å². The number of nitrogens with two attached hydrogens (primary N) is 1. The molecular weight excluding hydrogens is 138 g/mol. The van der Waals surface area contributed by atoms with Crippen LogP contribution in [0.15, 0.2) is 0 Å². The van der Waals surface area contributed by atoms with Crippen LogP contribution in [0.3, 0.4) is 0 Å². The van der Waals surface area contributed by atoms with Crippen LogP contribution in [-0.4, -0.2) is 11.8 Å². The number of carbonyl (C=O) groups is 1. The summed E-state index contributed by atoms with van der Waals surface area (Å²) in [6.07, 6.45) is 3.31. The highest BCUT2D eigenvalue weighted by Gasteiger charge is 2.29. The summed E-state index contributed by atoms with van der Waals surface area (Å²) >= 11 is 0. The molecule has 1 aliphatic rings. The molecule has 1 fully saturated rings. The summed E-state index contributed by atoms with van der Waals surface area (Å²) in [5.41, 5.74) is 5.46. The zero-order chi connectivity index (χ0) is 8.43. The highest BCUT2D eigenvalue weighted by molar-refractivity contribution is 5.83. The third-order valence-electron chi connectivity index (χ3n) is 2.46. The SMILES string of the molecule is CC(N)C(=O)CC(C)C1CC1. The topological polar surface area (TPSA) is 43.1 Å². The predicted molar refractivity (Wildman–Crippen MR) is 45.2 cm³/mol. The highest BCUT2D eigenvalue weighted by Crippen LogP contribution is 2.38. The Labute approximate surface area is 68.2 Å². The molecule has 2 unspecified atom stereocenters. The number of rotatable bonds is 4. The maximum Gasteiger partial charge on any atom is 0.149 e. The minimum absolute atomic E-state index is 0.212. The Morgan fingerprint density at radius 1 is 1.55 bits per heavy atom. The Hall–Kier alpha value is -0.370. The number of hydrogen-bond donors (Lipinski definition) is 1. The van der Waals surface area contributed by atoms with E-state index in [4.69, 9.17) is 5.73 Å². The van der Waals surface area contributed by atoms with E-state index in [0.29, 0.717) is 12.3 Å². The largest absolute Gasteiger partial charge is 0.322 e. The van der Waals surface area contributed by atoms with Gasteiger partial charge in [-0.25, -0.2) is 0 Å². The van der Waals surface area contributed by atoms with Crippen LogP contribution in [-0.2, 0) is 4.79 Å². The molecule has 1 saturated carbocycles. The molecule has 0 bridgehead atoms. The molecule has 0 spiro atoms. The standard InChI is InChI=1S/C9H17NO/c1-6(8-3-4-8)5-9(11)7(2)10/h6-8H,3-5,10H2,1-2H3. The first kappa shape index (κ1) is 8.72. The summed E-state index contributed by atoms with van der Waals surface area (Å²) in [7, 11) is 0. The van der Waals surface area contributed by atoms with Crippen molar-refractivity contribution in [3.8, 4) is 0 Å². The minimum atomic E-state index is -0.267. The van der Waals surface area contributed by atoms with Gasteiger partial charge in [-0.2, -0.15) is 0 Å². The van der Waals surface area contributed by atoms with Crippen molar-refractivity contribution in [3.63, 3.8) is 0 Å². The fourth-order valence-corrected chi connectivity index (χ4v) is 1.34. The van der Waals surface area contributed by atoms with Gasteiger partial charge < -0.3 is 5.73 Å². The summed E-state index contributed by atoms with van der Waals surface area (Å²) in [4.78, 5) is 11.2. The van der Waals surface area contributed by atoms with Crippen molar-refractivity contribution >= 4 is 5.78 Å². The molecule has 11 heavy (non-hydrogen) atoms. The third-order valence-corrected chi connectivity index (χ3v) is 2.46. The molecule has 0 aromatic carbocycles. The fourth-order valence-electron chi connectivity index (χ4n) is 1.34. The molecule has 64 valence electrons. The van der Waals surface area contributed by atoms with E-state index in [1.54, 1.807) is 6.92 Å². The van der Waals surface area contributed by atoms with Gasteiger partial charge in [-0.15, -0.1) is 0 Å². The predicted octanol–water partition coefficient (Wildman–Crippen LogP) is 1.34. The van der Waals surface area contributed by atoms with Crippen molar-refractivity contribution in [1.29, 1.82) is 0 Å². The summed E-state index contributed by atoms with van der Waals surface area (Å²) in [5.74, 6) is 1.59. The van der Waals surface area contributed by atoms with Gasteiger partial charge in [-0.3, -0.25) is 4.79 Å². The minimum Gasteiger partial charge on any atom is -0.322 e. The molecule has 0 aromatic rings. The Bertz CT molecular complexity index is 150. The molecule has 0 aliphatic heterocycles. The number of Topliss-reactive ketones (excluding diaryl/α,β-unsaturated/α-hetero) is 1. The first-order valence-corrected chi connectivity index (χ1v) is 4.39. The Balaban J connectivity index is 2.23. The highest BCUT2D eigenvalue weighted by atomic mass is 16.1. The van der Waals surface area contributed by atoms with Crippen LogP contribution < -0.4 is 5.73 Å². The maximum absolute atomic E-state index is 11.2. The van der Waals surface area contributed by atoms with Gasteiger partial charge in [0.05, 0.1) is 6.04 Å². The van der Waals surface area contributed by atoms with Crippen molar-refractivity contribution in [2.45, 2.75) is 39.2 Å². The molecule has 2 nitrogen and oxygen atoms in total. The van der Waals surface area contributed by atoms with Gasteiger partial charge in [-0.1, -0.05) is 6.92 Å². The molecular formula is C9H17NO. The van der Waals surface area contributed by atoms with Crippen LogP contribution in [0.5, 0.6) is 0 Å². The second-order valence-corrected chi connectivity index (χ2v) is 3.77. The van der Waals surface area contributed by atoms with Crippen molar-refractivity contribution in [2.24, 2.45) is 17.6 Å². The lowest BCUT2D eigenvalue weighted by Gasteiger charge is -2.10. The van der Waals surface area contributed by atoms with Crippen LogP contribution in [0.2, 0.25) is 0 Å². The van der Waals surface area contributed by atoms with E-state index in [1.807, 2.05) is 0 Å². The molecule has 0 heterocycles. The van der Waals surface area contributed by atoms with Gasteiger partial charge in [0.2, 0.25) is 0 Å². The second kappa shape index (κ2) is 3.35. The Morgan fingerprint density at radius 3 is 2.45 bits per heavy atom. The van der Waals surface area contributed by atoms with E-state index in [-0.39, 0.29) is 11.8 Å². The Kier molecular flexibility index (Phi) is 2.66. The van der Waals surface area contributed by atoms with Crippen LogP contribution in [0.25, 0.3) is 0 Å². The van der Waals surface area contributed by atoms with Gasteiger partial charge in [0.15, 0.2) is 0 Å². The first-order chi connectivity index (χ1) is 5.11. The normalized spacial score (nSPS) is 22.8. The quantitative estimate of drug-likeness (QED) is 0.665. The molecule has 0 saturated heterocycles. The summed E-state index contributed by atoms with van der Waals surface area (Å²) < 4.78 is 0. The zero-order valence-electron chi connectivity index (χ0n) is 7.34. The van der Waals surface area contributed by atoms with E-state index in [9.17, 15) is 4.79 Å². The van der Waals surface area contributed by atoms with Gasteiger partial charge in [-0.05, 0) is 31.6 Å². The molecule has 1 rings (SSSR count). The smallest absolute Gasteiger partial charge is 0.149 e. The maximum atomic E-state index is 11.2. The first-order valence-electron chi connectivity index (χ1n) is 4.39. The van der Waals surface area contributed by atoms with Crippen LogP contribution >= 0.6 is 0 Å². The molecule has 2 N–H and O–H groups in total. The molecule has 0 radical (unpaired) electrons. The van der Waals surface area contributed by atoms with Crippen molar-refractivity contribution in [3.05, 3.63) is 0 Å². The lowest BCUT2D eigenvalue weighted by atomic mass is 9.97. The third kappa shape index (κ3) is 2.62. The van der Waals surface area contributed by atoms with Crippen LogP contribution in [0, 0.1) is 11.8 Å². The van der Waals surface area contributed by atoms with E-state index >= 15 is 0 Å².